The van der Waals surface area contributed by atoms with E-state index in [-0.39, 0.29) is 5.41 Å². The van der Waals surface area contributed by atoms with Crippen LogP contribution in [0.3, 0.4) is 0 Å². The van der Waals surface area contributed by atoms with Gasteiger partial charge < -0.3 is 0 Å². The lowest BCUT2D eigenvalue weighted by molar-refractivity contribution is 0.108. The Morgan fingerprint density at radius 1 is 1.09 bits per heavy atom. The van der Waals surface area contributed by atoms with E-state index in [0.29, 0.717) is 17.8 Å². The molecule has 3 fully saturated rings. The molecule has 0 radical (unpaired) electrons. The van der Waals surface area contributed by atoms with E-state index in [2.05, 4.69) is 40.1 Å². The normalized spacial score (nSPS) is 30.0. The zero-order valence-corrected chi connectivity index (χ0v) is 14.6. The zero-order chi connectivity index (χ0) is 16.1. The molecular formula is C18H26N2O2S. The molecule has 2 aliphatic heterocycles. The van der Waals surface area contributed by atoms with Gasteiger partial charge in [0.2, 0.25) is 0 Å². The minimum atomic E-state index is -2.86. The fourth-order valence-electron chi connectivity index (χ4n) is 4.55. The summed E-state index contributed by atoms with van der Waals surface area (Å²) < 4.78 is 23.3. The number of nitrogens with zero attached hydrogens (tertiary/aromatic N) is 2. The van der Waals surface area contributed by atoms with E-state index in [1.165, 1.54) is 18.2 Å². The SMILES string of the molecule is CS(=O)(=O)CC1(CN2CC3CC2CN3Cc2ccccc2)CC1. The summed E-state index contributed by atoms with van der Waals surface area (Å²) in [6.45, 7) is 4.28. The second-order valence-corrected chi connectivity index (χ2v) is 10.1. The van der Waals surface area contributed by atoms with Gasteiger partial charge in [0.1, 0.15) is 9.84 Å². The Labute approximate surface area is 139 Å². The van der Waals surface area contributed by atoms with Gasteiger partial charge in [-0.15, -0.1) is 0 Å². The van der Waals surface area contributed by atoms with Gasteiger partial charge in [0.15, 0.2) is 0 Å². The smallest absolute Gasteiger partial charge is 0.148 e. The first-order valence-corrected chi connectivity index (χ1v) is 10.7. The summed E-state index contributed by atoms with van der Waals surface area (Å²) in [5.74, 6) is 0.377. The summed E-state index contributed by atoms with van der Waals surface area (Å²) in [7, 11) is -2.86. The molecule has 1 aromatic carbocycles. The maximum Gasteiger partial charge on any atom is 0.148 e. The Hall–Kier alpha value is -0.910. The molecule has 1 aliphatic carbocycles. The maximum absolute atomic E-state index is 11.6. The first-order chi connectivity index (χ1) is 10.9. The predicted molar refractivity (Wildman–Crippen MR) is 92.0 cm³/mol. The van der Waals surface area contributed by atoms with Crippen LogP contribution in [0.5, 0.6) is 0 Å². The van der Waals surface area contributed by atoms with Gasteiger partial charge in [-0.25, -0.2) is 8.42 Å². The van der Waals surface area contributed by atoms with Gasteiger partial charge in [-0.1, -0.05) is 30.3 Å². The molecule has 5 heteroatoms. The Balaban J connectivity index is 1.34. The van der Waals surface area contributed by atoms with Crippen molar-refractivity contribution in [3.05, 3.63) is 35.9 Å². The van der Waals surface area contributed by atoms with Gasteiger partial charge in [-0.2, -0.15) is 0 Å². The van der Waals surface area contributed by atoms with Gasteiger partial charge in [0.05, 0.1) is 5.75 Å². The highest BCUT2D eigenvalue weighted by molar-refractivity contribution is 7.90. The Morgan fingerprint density at radius 3 is 2.30 bits per heavy atom. The first-order valence-electron chi connectivity index (χ1n) is 8.62. The Bertz CT molecular complexity index is 670. The molecule has 0 aromatic heterocycles. The average Bonchev–Trinajstić information content (AvgIpc) is 2.93. The van der Waals surface area contributed by atoms with E-state index in [0.717, 1.165) is 39.0 Å². The highest BCUT2D eigenvalue weighted by atomic mass is 32.2. The number of sulfone groups is 1. The van der Waals surface area contributed by atoms with E-state index >= 15 is 0 Å². The van der Waals surface area contributed by atoms with Crippen molar-refractivity contribution in [2.24, 2.45) is 5.41 Å². The molecule has 0 spiro atoms. The molecule has 2 atom stereocenters. The molecule has 0 N–H and O–H groups in total. The average molecular weight is 334 g/mol. The third-order valence-electron chi connectivity index (χ3n) is 5.76. The van der Waals surface area contributed by atoms with Crippen LogP contribution in [-0.2, 0) is 16.4 Å². The minimum Gasteiger partial charge on any atom is -0.297 e. The Morgan fingerprint density at radius 2 is 1.74 bits per heavy atom. The first kappa shape index (κ1) is 15.6. The van der Waals surface area contributed by atoms with Crippen molar-refractivity contribution in [2.45, 2.75) is 37.9 Å². The summed E-state index contributed by atoms with van der Waals surface area (Å²) in [5, 5.41) is 0. The number of piperazine rings is 1. The Kier molecular flexibility index (Phi) is 3.78. The van der Waals surface area contributed by atoms with Gasteiger partial charge in [0.25, 0.3) is 0 Å². The molecule has 1 aromatic rings. The van der Waals surface area contributed by atoms with E-state index in [9.17, 15) is 8.42 Å². The number of likely N-dealkylation sites (tertiary alicyclic amines) is 2. The van der Waals surface area contributed by atoms with Crippen LogP contribution in [0, 0.1) is 5.41 Å². The third-order valence-corrected chi connectivity index (χ3v) is 6.90. The number of hydrogen-bond acceptors (Lipinski definition) is 4. The van der Waals surface area contributed by atoms with Crippen molar-refractivity contribution in [1.29, 1.82) is 0 Å². The highest BCUT2D eigenvalue weighted by Gasteiger charge is 2.51. The van der Waals surface area contributed by atoms with Crippen molar-refractivity contribution in [2.75, 3.05) is 31.6 Å². The summed E-state index contributed by atoms with van der Waals surface area (Å²) in [6, 6.07) is 12.0. The van der Waals surface area contributed by atoms with E-state index in [4.69, 9.17) is 0 Å². The highest BCUT2D eigenvalue weighted by Crippen LogP contribution is 2.49. The lowest BCUT2D eigenvalue weighted by atomic mass is 10.1. The van der Waals surface area contributed by atoms with Crippen LogP contribution in [0.4, 0.5) is 0 Å². The molecule has 1 saturated carbocycles. The van der Waals surface area contributed by atoms with Crippen LogP contribution in [0.25, 0.3) is 0 Å². The fraction of sp³-hybridized carbons (Fsp3) is 0.667. The zero-order valence-electron chi connectivity index (χ0n) is 13.8. The van der Waals surface area contributed by atoms with Gasteiger partial charge in [0, 0.05) is 44.5 Å². The van der Waals surface area contributed by atoms with Crippen LogP contribution < -0.4 is 0 Å². The molecule has 0 amide bonds. The number of rotatable bonds is 6. The van der Waals surface area contributed by atoms with Gasteiger partial charge >= 0.3 is 0 Å². The lowest BCUT2D eigenvalue weighted by Gasteiger charge is -2.36. The lowest BCUT2D eigenvalue weighted by Crippen LogP contribution is -2.48. The monoisotopic (exact) mass is 334 g/mol. The van der Waals surface area contributed by atoms with Crippen LogP contribution in [0.1, 0.15) is 24.8 Å². The van der Waals surface area contributed by atoms with E-state index in [1.54, 1.807) is 0 Å². The van der Waals surface area contributed by atoms with Gasteiger partial charge in [-0.05, 0) is 30.2 Å². The number of benzene rings is 1. The van der Waals surface area contributed by atoms with E-state index in [1.807, 2.05) is 0 Å². The molecule has 2 saturated heterocycles. The molecule has 126 valence electrons. The standard InChI is InChI=1S/C18H26N2O2S/c1-23(21,22)14-18(7-8-18)13-20-12-16-9-17(20)11-19(16)10-15-5-3-2-4-6-15/h2-6,16-17H,7-14H2,1H3. The predicted octanol–water partition coefficient (Wildman–Crippen LogP) is 1.77. The molecular weight excluding hydrogens is 308 g/mol. The molecule has 4 rings (SSSR count). The van der Waals surface area contributed by atoms with Crippen molar-refractivity contribution >= 4 is 9.84 Å². The van der Waals surface area contributed by atoms with Crippen molar-refractivity contribution in [3.8, 4) is 0 Å². The van der Waals surface area contributed by atoms with E-state index < -0.39 is 9.84 Å². The molecule has 2 unspecified atom stereocenters. The van der Waals surface area contributed by atoms with Crippen LogP contribution in [0.2, 0.25) is 0 Å². The number of hydrogen-bond donors (Lipinski definition) is 0. The van der Waals surface area contributed by atoms with Crippen LogP contribution >= 0.6 is 0 Å². The molecule has 4 nitrogen and oxygen atoms in total. The second kappa shape index (κ2) is 5.57. The fourth-order valence-corrected chi connectivity index (χ4v) is 6.04. The second-order valence-electron chi connectivity index (χ2n) is 7.96. The summed E-state index contributed by atoms with van der Waals surface area (Å²) in [6.07, 6.45) is 4.80. The number of fused-ring (bicyclic) bond motifs is 2. The molecule has 23 heavy (non-hydrogen) atoms. The van der Waals surface area contributed by atoms with Crippen LogP contribution in [0.15, 0.2) is 30.3 Å². The third kappa shape index (κ3) is 3.47. The largest absolute Gasteiger partial charge is 0.297 e. The van der Waals surface area contributed by atoms with Crippen molar-refractivity contribution in [1.82, 2.24) is 9.80 Å². The molecule has 2 heterocycles. The minimum absolute atomic E-state index is 0.0717. The molecule has 2 bridgehead atoms. The van der Waals surface area contributed by atoms with Crippen molar-refractivity contribution < 1.29 is 8.42 Å². The van der Waals surface area contributed by atoms with Crippen LogP contribution in [-0.4, -0.2) is 61.9 Å². The topological polar surface area (TPSA) is 40.6 Å². The van der Waals surface area contributed by atoms with Gasteiger partial charge in [-0.3, -0.25) is 9.80 Å². The summed E-state index contributed by atoms with van der Waals surface area (Å²) >= 11 is 0. The quantitative estimate of drug-likeness (QED) is 0.795. The maximum atomic E-state index is 11.6. The summed E-state index contributed by atoms with van der Waals surface area (Å²) in [4.78, 5) is 5.18. The van der Waals surface area contributed by atoms with Crippen molar-refractivity contribution in [3.63, 3.8) is 0 Å². The summed E-state index contributed by atoms with van der Waals surface area (Å²) in [5.41, 5.74) is 1.46. The molecule has 3 aliphatic rings.